The quantitative estimate of drug-likeness (QED) is 0.581. The first-order valence-electron chi connectivity index (χ1n) is 7.12. The lowest BCUT2D eigenvalue weighted by Gasteiger charge is -2.04. The van der Waals surface area contributed by atoms with Gasteiger partial charge in [-0.05, 0) is 36.4 Å². The molecule has 0 aliphatic carbocycles. The fraction of sp³-hybridized carbons (Fsp3) is 0.0556. The monoisotopic (exact) mass is 337 g/mol. The van der Waals surface area contributed by atoms with Gasteiger partial charge in [0.05, 0.1) is 12.2 Å². The van der Waals surface area contributed by atoms with Crippen molar-refractivity contribution in [3.8, 4) is 6.07 Å². The highest BCUT2D eigenvalue weighted by Gasteiger charge is 2.12. The van der Waals surface area contributed by atoms with Gasteiger partial charge in [0, 0.05) is 33.9 Å². The highest BCUT2D eigenvalue weighted by molar-refractivity contribution is 6.31. The molecule has 0 spiro atoms. The fourth-order valence-corrected chi connectivity index (χ4v) is 2.68. The second kappa shape index (κ2) is 6.57. The predicted octanol–water partition coefficient (Wildman–Crippen LogP) is 3.73. The number of fused-ring (bicyclic) bond motifs is 1. The molecule has 0 aliphatic rings. The summed E-state index contributed by atoms with van der Waals surface area (Å²) in [6.45, 7) is 0.530. The van der Waals surface area contributed by atoms with Crippen molar-refractivity contribution in [2.24, 2.45) is 0 Å². The van der Waals surface area contributed by atoms with E-state index in [9.17, 15) is 4.79 Å². The number of aromatic nitrogens is 2. The maximum absolute atomic E-state index is 11.1. The Morgan fingerprint density at radius 3 is 2.88 bits per heavy atom. The van der Waals surface area contributed by atoms with Crippen LogP contribution in [-0.4, -0.2) is 20.6 Å². The van der Waals surface area contributed by atoms with Crippen molar-refractivity contribution in [1.29, 1.82) is 5.26 Å². The minimum atomic E-state index is -1.26. The van der Waals surface area contributed by atoms with Gasteiger partial charge in [-0.25, -0.2) is 4.79 Å². The Morgan fingerprint density at radius 2 is 2.21 bits per heavy atom. The third-order valence-corrected chi connectivity index (χ3v) is 3.82. The van der Waals surface area contributed by atoms with Gasteiger partial charge in [-0.15, -0.1) is 0 Å². The zero-order chi connectivity index (χ0) is 17.1. The van der Waals surface area contributed by atoms with E-state index >= 15 is 0 Å². The second-order valence-corrected chi connectivity index (χ2v) is 5.61. The van der Waals surface area contributed by atoms with E-state index in [2.05, 4.69) is 4.98 Å². The number of nitriles is 1. The van der Waals surface area contributed by atoms with E-state index < -0.39 is 5.97 Å². The van der Waals surface area contributed by atoms with Crippen molar-refractivity contribution in [2.45, 2.75) is 6.54 Å². The Bertz CT molecular complexity index is 985. The molecular weight excluding hydrogens is 326 g/mol. The normalized spacial score (nSPS) is 11.4. The predicted molar refractivity (Wildman–Crippen MR) is 91.5 cm³/mol. The van der Waals surface area contributed by atoms with Crippen LogP contribution in [-0.2, 0) is 11.3 Å². The van der Waals surface area contributed by atoms with Crippen LogP contribution in [0.5, 0.6) is 0 Å². The van der Waals surface area contributed by atoms with Crippen LogP contribution >= 0.6 is 11.6 Å². The van der Waals surface area contributed by atoms with Gasteiger partial charge in [0.2, 0.25) is 0 Å². The minimum Gasteiger partial charge on any atom is -0.477 e. The molecule has 1 N–H and O–H groups in total. The van der Waals surface area contributed by atoms with Crippen molar-refractivity contribution in [2.75, 3.05) is 0 Å². The topological polar surface area (TPSA) is 78.9 Å². The van der Waals surface area contributed by atoms with Crippen molar-refractivity contribution in [3.05, 3.63) is 70.6 Å². The molecule has 6 heteroatoms. The van der Waals surface area contributed by atoms with Crippen LogP contribution in [0.1, 0.15) is 11.3 Å². The molecule has 0 amide bonds. The zero-order valence-corrected chi connectivity index (χ0v) is 13.2. The van der Waals surface area contributed by atoms with Gasteiger partial charge in [-0.1, -0.05) is 17.7 Å². The van der Waals surface area contributed by atoms with Crippen LogP contribution in [0.25, 0.3) is 17.0 Å². The standard InChI is InChI=1S/C18H12ClN3O2/c19-14-4-5-17-16(8-14)13(7-12(9-20)18(23)24)10-22(17)11-15-3-1-2-6-21-15/h1-8,10H,11H2,(H,23,24)/b12-7+. The number of halogens is 1. The molecule has 2 aromatic heterocycles. The summed E-state index contributed by atoms with van der Waals surface area (Å²) in [6.07, 6.45) is 4.88. The summed E-state index contributed by atoms with van der Waals surface area (Å²) >= 11 is 6.07. The third-order valence-electron chi connectivity index (χ3n) is 3.58. The molecule has 0 unspecified atom stereocenters. The number of aliphatic carboxylic acids is 1. The van der Waals surface area contributed by atoms with Crippen LogP contribution in [0.15, 0.2) is 54.4 Å². The summed E-state index contributed by atoms with van der Waals surface area (Å²) in [5.41, 5.74) is 2.06. The van der Waals surface area contributed by atoms with E-state index in [1.54, 1.807) is 30.6 Å². The van der Waals surface area contributed by atoms with Gasteiger partial charge in [0.1, 0.15) is 11.6 Å². The lowest BCUT2D eigenvalue weighted by atomic mass is 10.1. The fourth-order valence-electron chi connectivity index (χ4n) is 2.51. The van der Waals surface area contributed by atoms with Crippen LogP contribution in [0.3, 0.4) is 0 Å². The van der Waals surface area contributed by atoms with Crippen molar-refractivity contribution < 1.29 is 9.90 Å². The van der Waals surface area contributed by atoms with Crippen molar-refractivity contribution >= 4 is 34.5 Å². The number of hydrogen-bond acceptors (Lipinski definition) is 3. The summed E-state index contributed by atoms with van der Waals surface area (Å²) in [5.74, 6) is -1.26. The Morgan fingerprint density at radius 1 is 1.38 bits per heavy atom. The summed E-state index contributed by atoms with van der Waals surface area (Å²) in [6, 6.07) is 12.8. The minimum absolute atomic E-state index is 0.327. The molecule has 0 bridgehead atoms. The van der Waals surface area contributed by atoms with Crippen molar-refractivity contribution in [3.63, 3.8) is 0 Å². The molecule has 0 aliphatic heterocycles. The molecular formula is C18H12ClN3O2. The van der Waals surface area contributed by atoms with Gasteiger partial charge in [0.25, 0.3) is 0 Å². The largest absolute Gasteiger partial charge is 0.477 e. The van der Waals surface area contributed by atoms with Crippen LogP contribution < -0.4 is 0 Å². The van der Waals surface area contributed by atoms with Crippen LogP contribution in [0, 0.1) is 11.3 Å². The number of benzene rings is 1. The van der Waals surface area contributed by atoms with Crippen LogP contribution in [0.2, 0.25) is 5.02 Å². The Labute approximate surface area is 143 Å². The number of carboxylic acids is 1. The molecule has 2 heterocycles. The first-order chi connectivity index (χ1) is 11.6. The van der Waals surface area contributed by atoms with E-state index in [0.29, 0.717) is 17.1 Å². The van der Waals surface area contributed by atoms with E-state index in [0.717, 1.165) is 16.6 Å². The highest BCUT2D eigenvalue weighted by atomic mass is 35.5. The number of hydrogen-bond donors (Lipinski definition) is 1. The molecule has 3 aromatic rings. The van der Waals surface area contributed by atoms with Gasteiger partial charge in [-0.3, -0.25) is 4.98 Å². The molecule has 0 saturated carbocycles. The molecule has 5 nitrogen and oxygen atoms in total. The number of carboxylic acid groups (broad SMARTS) is 1. The summed E-state index contributed by atoms with van der Waals surface area (Å²) in [7, 11) is 0. The number of nitrogens with zero attached hydrogens (tertiary/aromatic N) is 3. The van der Waals surface area contributed by atoms with Gasteiger partial charge in [0.15, 0.2) is 0 Å². The third kappa shape index (κ3) is 3.14. The lowest BCUT2D eigenvalue weighted by Crippen LogP contribution is -1.99. The number of pyridine rings is 1. The lowest BCUT2D eigenvalue weighted by molar-refractivity contribution is -0.132. The Hall–Kier alpha value is -3.10. The molecule has 24 heavy (non-hydrogen) atoms. The average Bonchev–Trinajstić information content (AvgIpc) is 2.90. The average molecular weight is 338 g/mol. The Kier molecular flexibility index (Phi) is 4.32. The van der Waals surface area contributed by atoms with E-state index in [1.807, 2.05) is 28.8 Å². The summed E-state index contributed by atoms with van der Waals surface area (Å²) < 4.78 is 1.96. The highest BCUT2D eigenvalue weighted by Crippen LogP contribution is 2.27. The molecule has 3 rings (SSSR count). The van der Waals surface area contributed by atoms with Gasteiger partial charge >= 0.3 is 5.97 Å². The SMILES string of the molecule is N#C/C(=C\c1cn(Cc2ccccn2)c2ccc(Cl)cc12)C(=O)O. The molecule has 0 fully saturated rings. The van der Waals surface area contributed by atoms with E-state index in [4.69, 9.17) is 22.0 Å². The number of carbonyl (C=O) groups is 1. The van der Waals surface area contributed by atoms with Gasteiger partial charge < -0.3 is 9.67 Å². The van der Waals surface area contributed by atoms with Gasteiger partial charge in [-0.2, -0.15) is 5.26 Å². The molecule has 0 saturated heterocycles. The first kappa shape index (κ1) is 15.8. The molecule has 0 atom stereocenters. The van der Waals surface area contributed by atoms with Crippen LogP contribution in [0.4, 0.5) is 0 Å². The smallest absolute Gasteiger partial charge is 0.346 e. The first-order valence-corrected chi connectivity index (χ1v) is 7.49. The molecule has 0 radical (unpaired) electrons. The summed E-state index contributed by atoms with van der Waals surface area (Å²) in [5, 5.41) is 19.4. The maximum atomic E-state index is 11.1. The maximum Gasteiger partial charge on any atom is 0.346 e. The second-order valence-electron chi connectivity index (χ2n) is 5.17. The zero-order valence-electron chi connectivity index (χ0n) is 12.5. The van der Waals surface area contributed by atoms with Crippen molar-refractivity contribution in [1.82, 2.24) is 9.55 Å². The molecule has 1 aromatic carbocycles. The van der Waals surface area contributed by atoms with E-state index in [1.165, 1.54) is 6.08 Å². The number of rotatable bonds is 4. The summed E-state index contributed by atoms with van der Waals surface area (Å²) in [4.78, 5) is 15.4. The van der Waals surface area contributed by atoms with E-state index in [-0.39, 0.29) is 5.57 Å². The Balaban J connectivity index is 2.15. The molecule has 118 valence electrons.